The molecule has 1 fully saturated rings. The van der Waals surface area contributed by atoms with E-state index in [9.17, 15) is 4.79 Å². The van der Waals surface area contributed by atoms with Crippen molar-refractivity contribution in [3.8, 4) is 0 Å². The predicted molar refractivity (Wildman–Crippen MR) is 78.0 cm³/mol. The Kier molecular flexibility index (Phi) is 5.99. The Morgan fingerprint density at radius 2 is 2.11 bits per heavy atom. The van der Waals surface area contributed by atoms with Crippen LogP contribution in [0.4, 0.5) is 0 Å². The van der Waals surface area contributed by atoms with Gasteiger partial charge >= 0.3 is 0 Å². The van der Waals surface area contributed by atoms with Gasteiger partial charge in [-0.1, -0.05) is 20.3 Å². The number of hydrogen-bond acceptors (Lipinski definition) is 3. The summed E-state index contributed by atoms with van der Waals surface area (Å²) in [5, 5.41) is 10.4. The first kappa shape index (κ1) is 15.3. The van der Waals surface area contributed by atoms with Crippen molar-refractivity contribution in [3.05, 3.63) is 0 Å². The Morgan fingerprint density at radius 3 is 2.67 bits per heavy atom. The molecule has 0 radical (unpaired) electrons. The second-order valence-electron chi connectivity index (χ2n) is 5.65. The van der Waals surface area contributed by atoms with Crippen LogP contribution in [0.25, 0.3) is 0 Å². The fraction of sp³-hybridized carbons (Fsp3) is 0.846. The standard InChI is InChI=1S/C13H25N3OS/c1-13(2,12(14)15)7-3-4-8-18-9-11(17)16-10-5-6-10/h10H,3-9H2,1-2H3,(H3,14,15)(H,16,17). The zero-order valence-electron chi connectivity index (χ0n) is 11.4. The molecule has 5 heteroatoms. The van der Waals surface area contributed by atoms with E-state index in [4.69, 9.17) is 11.1 Å². The highest BCUT2D eigenvalue weighted by Crippen LogP contribution is 2.23. The van der Waals surface area contributed by atoms with Crippen LogP contribution in [0.1, 0.15) is 46.0 Å². The van der Waals surface area contributed by atoms with Crippen molar-refractivity contribution in [1.82, 2.24) is 5.32 Å². The molecule has 0 saturated heterocycles. The van der Waals surface area contributed by atoms with Crippen LogP contribution >= 0.6 is 11.8 Å². The zero-order valence-corrected chi connectivity index (χ0v) is 12.2. The van der Waals surface area contributed by atoms with E-state index in [0.29, 0.717) is 11.8 Å². The molecule has 0 bridgehead atoms. The molecule has 4 N–H and O–H groups in total. The second-order valence-corrected chi connectivity index (χ2v) is 6.75. The monoisotopic (exact) mass is 271 g/mol. The lowest BCUT2D eigenvalue weighted by Gasteiger charge is -2.22. The zero-order chi connectivity index (χ0) is 13.6. The van der Waals surface area contributed by atoms with Gasteiger partial charge in [-0.15, -0.1) is 0 Å². The van der Waals surface area contributed by atoms with E-state index < -0.39 is 0 Å². The van der Waals surface area contributed by atoms with Crippen LogP contribution in [0.3, 0.4) is 0 Å². The molecule has 4 nitrogen and oxygen atoms in total. The van der Waals surface area contributed by atoms with Gasteiger partial charge in [0.05, 0.1) is 11.6 Å². The number of hydrogen-bond donors (Lipinski definition) is 3. The Labute approximate surface area is 114 Å². The number of nitrogens with one attached hydrogen (secondary N) is 2. The lowest BCUT2D eigenvalue weighted by atomic mass is 9.86. The van der Waals surface area contributed by atoms with E-state index in [0.717, 1.165) is 37.9 Å². The summed E-state index contributed by atoms with van der Waals surface area (Å²) in [5.74, 6) is 2.02. The maximum Gasteiger partial charge on any atom is 0.230 e. The molecular weight excluding hydrogens is 246 g/mol. The van der Waals surface area contributed by atoms with Gasteiger partial charge in [0.2, 0.25) is 5.91 Å². The van der Waals surface area contributed by atoms with Crippen LogP contribution in [-0.4, -0.2) is 29.3 Å². The number of rotatable bonds is 9. The van der Waals surface area contributed by atoms with E-state index in [1.54, 1.807) is 11.8 Å². The Bertz CT molecular complexity index is 301. The number of unbranched alkanes of at least 4 members (excludes halogenated alkanes) is 1. The number of amides is 1. The van der Waals surface area contributed by atoms with Gasteiger partial charge in [-0.25, -0.2) is 0 Å². The quantitative estimate of drug-likeness (QED) is 0.341. The lowest BCUT2D eigenvalue weighted by Crippen LogP contribution is -2.30. The van der Waals surface area contributed by atoms with Crippen molar-refractivity contribution in [2.45, 2.75) is 52.0 Å². The Balaban J connectivity index is 1.94. The predicted octanol–water partition coefficient (Wildman–Crippen LogP) is 2.13. The summed E-state index contributed by atoms with van der Waals surface area (Å²) in [5.41, 5.74) is 5.34. The minimum Gasteiger partial charge on any atom is -0.387 e. The first-order valence-electron chi connectivity index (χ1n) is 6.63. The van der Waals surface area contributed by atoms with Crippen LogP contribution in [-0.2, 0) is 4.79 Å². The highest BCUT2D eigenvalue weighted by Gasteiger charge is 2.23. The summed E-state index contributed by atoms with van der Waals surface area (Å²) in [7, 11) is 0. The summed E-state index contributed by atoms with van der Waals surface area (Å²) in [6.07, 6.45) is 5.38. The van der Waals surface area contributed by atoms with Crippen LogP contribution in [0.2, 0.25) is 0 Å². The number of thioether (sulfide) groups is 1. The number of nitrogens with two attached hydrogens (primary N) is 1. The van der Waals surface area contributed by atoms with Gasteiger partial charge in [0.15, 0.2) is 0 Å². The molecule has 1 amide bonds. The van der Waals surface area contributed by atoms with Gasteiger partial charge in [0.25, 0.3) is 0 Å². The van der Waals surface area contributed by atoms with E-state index in [-0.39, 0.29) is 17.2 Å². The third kappa shape index (κ3) is 6.28. The lowest BCUT2D eigenvalue weighted by molar-refractivity contribution is -0.118. The second kappa shape index (κ2) is 7.02. The van der Waals surface area contributed by atoms with Gasteiger partial charge in [0.1, 0.15) is 0 Å². The molecule has 0 atom stereocenters. The highest BCUT2D eigenvalue weighted by atomic mass is 32.2. The van der Waals surface area contributed by atoms with Gasteiger partial charge in [-0.05, 0) is 31.4 Å². The SMILES string of the molecule is CC(C)(CCCCSCC(=O)NC1CC1)C(=N)N. The first-order chi connectivity index (χ1) is 8.42. The molecule has 0 aliphatic heterocycles. The minimum atomic E-state index is -0.186. The minimum absolute atomic E-state index is 0.173. The summed E-state index contributed by atoms with van der Waals surface area (Å²) in [6, 6.07) is 0.467. The molecule has 0 unspecified atom stereocenters. The Morgan fingerprint density at radius 1 is 1.44 bits per heavy atom. The molecule has 104 valence electrons. The van der Waals surface area contributed by atoms with Gasteiger partial charge in [0, 0.05) is 11.5 Å². The molecule has 0 aromatic carbocycles. The van der Waals surface area contributed by atoms with Crippen molar-refractivity contribution < 1.29 is 4.79 Å². The van der Waals surface area contributed by atoms with E-state index >= 15 is 0 Å². The highest BCUT2D eigenvalue weighted by molar-refractivity contribution is 7.99. The largest absolute Gasteiger partial charge is 0.387 e. The third-order valence-electron chi connectivity index (χ3n) is 3.25. The molecular formula is C13H25N3OS. The average Bonchev–Trinajstić information content (AvgIpc) is 3.06. The molecule has 0 spiro atoms. The molecule has 1 rings (SSSR count). The van der Waals surface area contributed by atoms with Crippen molar-refractivity contribution >= 4 is 23.5 Å². The molecule has 0 aromatic rings. The average molecular weight is 271 g/mol. The fourth-order valence-corrected chi connectivity index (χ4v) is 2.39. The van der Waals surface area contributed by atoms with Crippen LogP contribution in [0.5, 0.6) is 0 Å². The van der Waals surface area contributed by atoms with E-state index in [1.807, 2.05) is 13.8 Å². The van der Waals surface area contributed by atoms with Crippen molar-refractivity contribution in [1.29, 1.82) is 5.41 Å². The summed E-state index contributed by atoms with van der Waals surface area (Å²) in [6.45, 7) is 4.01. The van der Waals surface area contributed by atoms with E-state index in [2.05, 4.69) is 5.32 Å². The number of carbonyl (C=O) groups excluding carboxylic acids is 1. The van der Waals surface area contributed by atoms with E-state index in [1.165, 1.54) is 0 Å². The normalized spacial score (nSPS) is 15.4. The molecule has 1 saturated carbocycles. The van der Waals surface area contributed by atoms with Gasteiger partial charge in [-0.3, -0.25) is 10.2 Å². The van der Waals surface area contributed by atoms with Crippen molar-refractivity contribution in [3.63, 3.8) is 0 Å². The summed E-state index contributed by atoms with van der Waals surface area (Å²) < 4.78 is 0. The molecule has 1 aliphatic rings. The molecule has 0 aromatic heterocycles. The smallest absolute Gasteiger partial charge is 0.230 e. The van der Waals surface area contributed by atoms with Crippen molar-refractivity contribution in [2.75, 3.05) is 11.5 Å². The summed E-state index contributed by atoms with van der Waals surface area (Å²) in [4.78, 5) is 11.4. The Hall–Kier alpha value is -0.710. The maximum atomic E-state index is 11.4. The molecule has 18 heavy (non-hydrogen) atoms. The van der Waals surface area contributed by atoms with Crippen LogP contribution in [0, 0.1) is 10.8 Å². The van der Waals surface area contributed by atoms with Gasteiger partial charge in [-0.2, -0.15) is 11.8 Å². The topological polar surface area (TPSA) is 79.0 Å². The number of amidine groups is 1. The maximum absolute atomic E-state index is 11.4. The molecule has 1 aliphatic carbocycles. The van der Waals surface area contributed by atoms with Crippen LogP contribution in [0.15, 0.2) is 0 Å². The third-order valence-corrected chi connectivity index (χ3v) is 4.29. The number of carbonyl (C=O) groups is 1. The fourth-order valence-electron chi connectivity index (χ4n) is 1.57. The summed E-state index contributed by atoms with van der Waals surface area (Å²) >= 11 is 1.69. The van der Waals surface area contributed by atoms with Crippen LogP contribution < -0.4 is 11.1 Å². The molecule has 0 heterocycles. The van der Waals surface area contributed by atoms with Gasteiger partial charge < -0.3 is 11.1 Å². The van der Waals surface area contributed by atoms with Crippen molar-refractivity contribution in [2.24, 2.45) is 11.1 Å². The first-order valence-corrected chi connectivity index (χ1v) is 7.79.